The fourth-order valence-corrected chi connectivity index (χ4v) is 4.53. The Labute approximate surface area is 197 Å². The average Bonchev–Trinajstić information content (AvgIpc) is 3.13. The lowest BCUT2D eigenvalue weighted by atomic mass is 10.0. The Morgan fingerprint density at radius 3 is 2.64 bits per heavy atom. The lowest BCUT2D eigenvalue weighted by Crippen LogP contribution is -2.33. The molecule has 170 valence electrons. The summed E-state index contributed by atoms with van der Waals surface area (Å²) >= 11 is 1.15. The number of aryl methyl sites for hydroxylation is 1. The van der Waals surface area contributed by atoms with E-state index in [0.29, 0.717) is 46.6 Å². The van der Waals surface area contributed by atoms with Crippen molar-refractivity contribution in [1.29, 1.82) is 5.26 Å². The lowest BCUT2D eigenvalue weighted by Gasteiger charge is -2.05. The van der Waals surface area contributed by atoms with Crippen LogP contribution in [0.25, 0.3) is 11.6 Å². The monoisotopic (exact) mass is 461 g/mol. The summed E-state index contributed by atoms with van der Waals surface area (Å²) in [4.78, 5) is 30.7. The Bertz CT molecular complexity index is 1300. The Balaban J connectivity index is 2.12. The van der Waals surface area contributed by atoms with Crippen molar-refractivity contribution < 1.29 is 9.53 Å². The van der Waals surface area contributed by atoms with Crippen LogP contribution in [0.15, 0.2) is 53.5 Å². The molecule has 0 unspecified atom stereocenters. The second kappa shape index (κ2) is 12.0. The zero-order chi connectivity index (χ0) is 23.6. The summed E-state index contributed by atoms with van der Waals surface area (Å²) in [5.74, 6) is -0.384. The number of thiazole rings is 1. The smallest absolute Gasteiger partial charge is 0.269 e. The van der Waals surface area contributed by atoms with Gasteiger partial charge in [0.15, 0.2) is 0 Å². The van der Waals surface area contributed by atoms with Crippen LogP contribution in [-0.2, 0) is 17.7 Å². The molecule has 0 fully saturated rings. The summed E-state index contributed by atoms with van der Waals surface area (Å²) in [6, 6.07) is 14.8. The van der Waals surface area contributed by atoms with E-state index in [-0.39, 0.29) is 16.9 Å². The van der Waals surface area contributed by atoms with Crippen molar-refractivity contribution in [2.24, 2.45) is 0 Å². The van der Waals surface area contributed by atoms with Crippen LogP contribution in [0.4, 0.5) is 0 Å². The SMILES string of the molecule is CCCc1ccc(C(=O)/C(C#N)=c2\s/c(=C\c3ccccn3)c(=O)n2CCCOCC)cc1. The number of rotatable bonds is 10. The van der Waals surface area contributed by atoms with Crippen molar-refractivity contribution >= 4 is 28.8 Å². The van der Waals surface area contributed by atoms with Gasteiger partial charge in [-0.05, 0) is 43.5 Å². The predicted molar refractivity (Wildman–Crippen MR) is 131 cm³/mol. The minimum atomic E-state index is -0.384. The molecule has 0 bridgehead atoms. The molecule has 0 radical (unpaired) electrons. The molecule has 7 heteroatoms. The van der Waals surface area contributed by atoms with E-state index in [2.05, 4.69) is 18.0 Å². The molecule has 0 aliphatic carbocycles. The number of carbonyl (C=O) groups is 1. The number of aromatic nitrogens is 2. The maximum atomic E-state index is 13.2. The number of carbonyl (C=O) groups excluding carboxylic acids is 1. The quantitative estimate of drug-likeness (QED) is 0.342. The largest absolute Gasteiger partial charge is 0.382 e. The number of pyridine rings is 1. The molecule has 0 amide bonds. The van der Waals surface area contributed by atoms with Crippen molar-refractivity contribution in [1.82, 2.24) is 9.55 Å². The molecule has 3 rings (SSSR count). The van der Waals surface area contributed by atoms with Crippen LogP contribution in [-0.4, -0.2) is 28.5 Å². The number of ketones is 1. The first-order valence-electron chi connectivity index (χ1n) is 11.1. The molecule has 2 heterocycles. The van der Waals surface area contributed by atoms with Crippen LogP contribution >= 0.6 is 11.3 Å². The Hall–Kier alpha value is -3.34. The van der Waals surface area contributed by atoms with Gasteiger partial charge in [-0.3, -0.25) is 19.1 Å². The maximum Gasteiger partial charge on any atom is 0.269 e. The van der Waals surface area contributed by atoms with E-state index in [1.54, 1.807) is 36.5 Å². The number of nitrogens with zero attached hydrogens (tertiary/aromatic N) is 3. The lowest BCUT2D eigenvalue weighted by molar-refractivity contribution is 0.105. The summed E-state index contributed by atoms with van der Waals surface area (Å²) in [6.07, 6.45) is 5.88. The Morgan fingerprint density at radius 1 is 1.21 bits per heavy atom. The van der Waals surface area contributed by atoms with Crippen LogP contribution in [0.2, 0.25) is 0 Å². The minimum absolute atomic E-state index is 0.0302. The molecular weight excluding hydrogens is 434 g/mol. The van der Waals surface area contributed by atoms with Gasteiger partial charge in [-0.25, -0.2) is 0 Å². The van der Waals surface area contributed by atoms with E-state index in [1.165, 1.54) is 4.57 Å². The molecule has 0 saturated carbocycles. The average molecular weight is 462 g/mol. The van der Waals surface area contributed by atoms with Gasteiger partial charge in [-0.2, -0.15) is 5.26 Å². The van der Waals surface area contributed by atoms with Gasteiger partial charge in [-0.1, -0.05) is 43.7 Å². The summed E-state index contributed by atoms with van der Waals surface area (Å²) in [7, 11) is 0. The molecule has 0 atom stereocenters. The summed E-state index contributed by atoms with van der Waals surface area (Å²) < 4.78 is 7.71. The number of hydrogen-bond donors (Lipinski definition) is 0. The van der Waals surface area contributed by atoms with E-state index >= 15 is 0 Å². The van der Waals surface area contributed by atoms with Crippen molar-refractivity contribution in [3.05, 3.63) is 85.0 Å². The van der Waals surface area contributed by atoms with Gasteiger partial charge >= 0.3 is 0 Å². The van der Waals surface area contributed by atoms with Crippen LogP contribution < -0.4 is 14.8 Å². The topological polar surface area (TPSA) is 85.0 Å². The van der Waals surface area contributed by atoms with Gasteiger partial charge in [-0.15, -0.1) is 11.3 Å². The predicted octanol–water partition coefficient (Wildman–Crippen LogP) is 3.07. The van der Waals surface area contributed by atoms with Gasteiger partial charge < -0.3 is 4.74 Å². The normalized spacial score (nSPS) is 12.5. The first-order valence-corrected chi connectivity index (χ1v) is 11.9. The number of ether oxygens (including phenoxy) is 1. The van der Waals surface area contributed by atoms with Crippen molar-refractivity contribution in [3.63, 3.8) is 0 Å². The van der Waals surface area contributed by atoms with Crippen LogP contribution in [0.5, 0.6) is 0 Å². The molecule has 33 heavy (non-hydrogen) atoms. The Morgan fingerprint density at radius 2 is 2.00 bits per heavy atom. The van der Waals surface area contributed by atoms with Crippen LogP contribution in [0, 0.1) is 11.3 Å². The second-order valence-corrected chi connectivity index (χ2v) is 8.47. The number of Topliss-reactive ketones (excluding diaryl/α,β-unsaturated/α-hetero) is 1. The molecule has 6 nitrogen and oxygen atoms in total. The zero-order valence-corrected chi connectivity index (χ0v) is 19.7. The van der Waals surface area contributed by atoms with Gasteiger partial charge in [0, 0.05) is 31.5 Å². The number of nitriles is 1. The van der Waals surface area contributed by atoms with Crippen molar-refractivity contribution in [2.45, 2.75) is 39.7 Å². The third-order valence-electron chi connectivity index (χ3n) is 5.06. The molecule has 0 aliphatic heterocycles. The van der Waals surface area contributed by atoms with Gasteiger partial charge in [0.2, 0.25) is 5.78 Å². The summed E-state index contributed by atoms with van der Waals surface area (Å²) in [6.45, 7) is 5.45. The van der Waals surface area contributed by atoms with Crippen LogP contribution in [0.3, 0.4) is 0 Å². The number of hydrogen-bond acceptors (Lipinski definition) is 6. The molecule has 0 N–H and O–H groups in total. The first kappa shape index (κ1) is 24.3. The summed E-state index contributed by atoms with van der Waals surface area (Å²) in [5.41, 5.74) is 1.95. The van der Waals surface area contributed by atoms with Gasteiger partial charge in [0.1, 0.15) is 16.3 Å². The van der Waals surface area contributed by atoms with Gasteiger partial charge in [0.25, 0.3) is 5.56 Å². The third-order valence-corrected chi connectivity index (χ3v) is 6.19. The molecule has 0 saturated heterocycles. The van der Waals surface area contributed by atoms with E-state index in [4.69, 9.17) is 4.74 Å². The molecular formula is C26H27N3O3S. The fourth-order valence-electron chi connectivity index (χ4n) is 3.42. The molecule has 3 aromatic rings. The third kappa shape index (κ3) is 6.13. The maximum absolute atomic E-state index is 13.2. The van der Waals surface area contributed by atoms with Crippen molar-refractivity contribution in [3.8, 4) is 6.07 Å². The number of benzene rings is 1. The molecule has 2 aromatic heterocycles. The highest BCUT2D eigenvalue weighted by Crippen LogP contribution is 2.11. The molecule has 1 aromatic carbocycles. The van der Waals surface area contributed by atoms with E-state index in [1.807, 2.05) is 25.1 Å². The standard InChI is InChI=1S/C26H27N3O3S/c1-3-8-19-10-12-20(13-11-19)24(30)22(18-27)26-29(15-7-16-32-4-2)25(31)23(33-26)17-21-9-5-6-14-28-21/h5-6,9-14,17H,3-4,7-8,15-16H2,1-2H3/b23-17-,26-22-. The minimum Gasteiger partial charge on any atom is -0.382 e. The second-order valence-electron chi connectivity index (χ2n) is 7.44. The highest BCUT2D eigenvalue weighted by Gasteiger charge is 2.17. The van der Waals surface area contributed by atoms with Gasteiger partial charge in [0.05, 0.1) is 10.2 Å². The van der Waals surface area contributed by atoms with Crippen LogP contribution in [0.1, 0.15) is 48.3 Å². The molecule has 0 spiro atoms. The van der Waals surface area contributed by atoms with E-state index in [9.17, 15) is 14.9 Å². The van der Waals surface area contributed by atoms with Crippen molar-refractivity contribution in [2.75, 3.05) is 13.2 Å². The zero-order valence-electron chi connectivity index (χ0n) is 18.9. The highest BCUT2D eigenvalue weighted by atomic mass is 32.1. The highest BCUT2D eigenvalue weighted by molar-refractivity contribution is 7.07. The molecule has 0 aliphatic rings. The van der Waals surface area contributed by atoms with E-state index < -0.39 is 0 Å². The summed E-state index contributed by atoms with van der Waals surface area (Å²) in [5, 5.41) is 9.91. The Kier molecular flexibility index (Phi) is 8.87. The first-order chi connectivity index (χ1) is 16.1. The fraction of sp³-hybridized carbons (Fsp3) is 0.308. The van der Waals surface area contributed by atoms with E-state index in [0.717, 1.165) is 29.7 Å².